The second-order valence-electron chi connectivity index (χ2n) is 5.86. The van der Waals surface area contributed by atoms with Gasteiger partial charge in [0.25, 0.3) is 5.91 Å². The van der Waals surface area contributed by atoms with E-state index in [2.05, 4.69) is 10.2 Å². The summed E-state index contributed by atoms with van der Waals surface area (Å²) in [5.74, 6) is -0.969. The Morgan fingerprint density at radius 1 is 1.17 bits per heavy atom. The molecular weight excluding hydrogens is 425 g/mol. The molecule has 1 atom stereocenters. The van der Waals surface area contributed by atoms with Crippen molar-refractivity contribution in [2.45, 2.75) is 18.9 Å². The van der Waals surface area contributed by atoms with Crippen LogP contribution in [0.2, 0.25) is 0 Å². The zero-order chi connectivity index (χ0) is 17.1. The summed E-state index contributed by atoms with van der Waals surface area (Å²) in [6, 6.07) is 10.6. The molecule has 1 N–H and O–H groups in total. The highest BCUT2D eigenvalue weighted by molar-refractivity contribution is 14.1. The maximum Gasteiger partial charge on any atom is 0.252 e. The monoisotopic (exact) mass is 442 g/mol. The van der Waals surface area contributed by atoms with E-state index in [-0.39, 0.29) is 17.8 Å². The van der Waals surface area contributed by atoms with Crippen molar-refractivity contribution in [2.75, 3.05) is 18.0 Å². The van der Waals surface area contributed by atoms with E-state index in [1.165, 1.54) is 24.3 Å². The minimum atomic E-state index is -0.425. The minimum Gasteiger partial charge on any atom is -0.369 e. The average molecular weight is 442 g/mol. The van der Waals surface area contributed by atoms with Gasteiger partial charge in [0, 0.05) is 28.4 Å². The number of anilines is 1. The van der Waals surface area contributed by atoms with Crippen molar-refractivity contribution < 1.29 is 13.6 Å². The van der Waals surface area contributed by atoms with E-state index in [9.17, 15) is 13.6 Å². The first-order valence-corrected chi connectivity index (χ1v) is 8.87. The number of benzene rings is 2. The van der Waals surface area contributed by atoms with Gasteiger partial charge in [-0.2, -0.15) is 0 Å². The topological polar surface area (TPSA) is 32.3 Å². The van der Waals surface area contributed by atoms with E-state index < -0.39 is 5.82 Å². The van der Waals surface area contributed by atoms with Crippen LogP contribution < -0.4 is 10.2 Å². The molecule has 126 valence electrons. The summed E-state index contributed by atoms with van der Waals surface area (Å²) in [7, 11) is 0. The minimum absolute atomic E-state index is 0.0476. The third kappa shape index (κ3) is 4.03. The first-order valence-electron chi connectivity index (χ1n) is 7.79. The fraction of sp³-hybridized carbons (Fsp3) is 0.278. The van der Waals surface area contributed by atoms with Crippen molar-refractivity contribution in [3.8, 4) is 0 Å². The zero-order valence-corrected chi connectivity index (χ0v) is 15.1. The molecule has 2 aromatic carbocycles. The molecule has 1 unspecified atom stereocenters. The number of hydrogen-bond donors (Lipinski definition) is 1. The summed E-state index contributed by atoms with van der Waals surface area (Å²) in [5.41, 5.74) is 1.16. The summed E-state index contributed by atoms with van der Waals surface area (Å²) >= 11 is 2.02. The van der Waals surface area contributed by atoms with Crippen LogP contribution in [-0.2, 0) is 0 Å². The van der Waals surface area contributed by atoms with Crippen LogP contribution >= 0.6 is 22.6 Å². The lowest BCUT2D eigenvalue weighted by atomic mass is 10.0. The third-order valence-electron chi connectivity index (χ3n) is 4.10. The van der Waals surface area contributed by atoms with Crippen LogP contribution in [-0.4, -0.2) is 25.0 Å². The quantitative estimate of drug-likeness (QED) is 0.730. The van der Waals surface area contributed by atoms with Gasteiger partial charge < -0.3 is 10.2 Å². The van der Waals surface area contributed by atoms with Crippen molar-refractivity contribution in [2.24, 2.45) is 0 Å². The molecule has 0 spiro atoms. The van der Waals surface area contributed by atoms with Crippen LogP contribution in [0.5, 0.6) is 0 Å². The Hall–Kier alpha value is -1.70. The Balaban J connectivity index is 1.69. The van der Waals surface area contributed by atoms with Crippen LogP contribution in [0.15, 0.2) is 42.5 Å². The number of hydrogen-bond acceptors (Lipinski definition) is 2. The number of amides is 1. The summed E-state index contributed by atoms with van der Waals surface area (Å²) in [5, 5.41) is 2.97. The molecule has 1 aliphatic rings. The van der Waals surface area contributed by atoms with Crippen LogP contribution in [0.1, 0.15) is 23.2 Å². The molecule has 1 heterocycles. The highest BCUT2D eigenvalue weighted by atomic mass is 127. The van der Waals surface area contributed by atoms with Gasteiger partial charge in [0.2, 0.25) is 0 Å². The van der Waals surface area contributed by atoms with Crippen LogP contribution in [0.3, 0.4) is 0 Å². The first-order chi connectivity index (χ1) is 11.5. The van der Waals surface area contributed by atoms with E-state index in [0.717, 1.165) is 25.1 Å². The molecule has 1 aliphatic heterocycles. The molecule has 0 aromatic heterocycles. The number of rotatable bonds is 3. The lowest BCUT2D eigenvalue weighted by molar-refractivity contribution is 0.0932. The molecule has 3 rings (SSSR count). The smallest absolute Gasteiger partial charge is 0.252 e. The molecule has 2 aromatic rings. The maximum absolute atomic E-state index is 13.4. The molecule has 0 bridgehead atoms. The molecule has 3 nitrogen and oxygen atoms in total. The van der Waals surface area contributed by atoms with Gasteiger partial charge in [-0.1, -0.05) is 6.07 Å². The van der Waals surface area contributed by atoms with Crippen molar-refractivity contribution in [1.82, 2.24) is 5.32 Å². The molecule has 0 radical (unpaired) electrons. The molecule has 0 saturated carbocycles. The van der Waals surface area contributed by atoms with Gasteiger partial charge >= 0.3 is 0 Å². The van der Waals surface area contributed by atoms with Gasteiger partial charge in [0.1, 0.15) is 11.6 Å². The number of halogens is 3. The standard InChI is InChI=1S/C18H17F2IN2O/c19-12-3-1-5-15(9-12)23-8-2-4-14(11-23)22-18(24)16-10-13(20)6-7-17(16)21/h1,3,5-7,9-10,14H,2,4,8,11H2,(H,22,24). The molecule has 0 aliphatic carbocycles. The van der Waals surface area contributed by atoms with Gasteiger partial charge in [-0.05, 0) is 71.8 Å². The Bertz CT molecular complexity index is 754. The number of carbonyl (C=O) groups is 1. The van der Waals surface area contributed by atoms with Crippen molar-refractivity contribution >= 4 is 34.2 Å². The van der Waals surface area contributed by atoms with Gasteiger partial charge in [-0.3, -0.25) is 4.79 Å². The van der Waals surface area contributed by atoms with Gasteiger partial charge in [-0.25, -0.2) is 8.78 Å². The highest BCUT2D eigenvalue weighted by Gasteiger charge is 2.23. The Morgan fingerprint density at radius 3 is 2.75 bits per heavy atom. The number of piperidine rings is 1. The fourth-order valence-electron chi connectivity index (χ4n) is 2.94. The molecular formula is C18H17F2IN2O. The fourth-order valence-corrected chi connectivity index (χ4v) is 3.52. The van der Waals surface area contributed by atoms with Gasteiger partial charge in [-0.15, -0.1) is 0 Å². The second kappa shape index (κ2) is 7.46. The molecule has 24 heavy (non-hydrogen) atoms. The summed E-state index contributed by atoms with van der Waals surface area (Å²) in [4.78, 5) is 14.5. The Morgan fingerprint density at radius 2 is 1.96 bits per heavy atom. The van der Waals surface area contributed by atoms with E-state index >= 15 is 0 Å². The molecule has 6 heteroatoms. The van der Waals surface area contributed by atoms with E-state index in [4.69, 9.17) is 0 Å². The average Bonchev–Trinajstić information content (AvgIpc) is 2.57. The van der Waals surface area contributed by atoms with E-state index in [1.54, 1.807) is 12.1 Å². The second-order valence-corrected chi connectivity index (χ2v) is 7.02. The Kier molecular flexibility index (Phi) is 5.33. The van der Waals surface area contributed by atoms with E-state index in [0.29, 0.717) is 15.7 Å². The Labute approximate surface area is 153 Å². The van der Waals surface area contributed by atoms with Crippen molar-refractivity contribution in [3.05, 3.63) is 63.2 Å². The van der Waals surface area contributed by atoms with Crippen LogP contribution in [0, 0.1) is 15.2 Å². The highest BCUT2D eigenvalue weighted by Crippen LogP contribution is 2.21. The SMILES string of the molecule is O=C(NC1CCCN(c2cccc(F)c2)C1)c1cc(F)ccc1I. The lowest BCUT2D eigenvalue weighted by Crippen LogP contribution is -2.48. The predicted molar refractivity (Wildman–Crippen MR) is 98.2 cm³/mol. The zero-order valence-electron chi connectivity index (χ0n) is 12.9. The van der Waals surface area contributed by atoms with Gasteiger partial charge in [0.15, 0.2) is 0 Å². The predicted octanol–water partition coefficient (Wildman–Crippen LogP) is 3.97. The molecule has 1 amide bonds. The summed E-state index contributed by atoms with van der Waals surface area (Å²) in [6.07, 6.45) is 1.76. The summed E-state index contributed by atoms with van der Waals surface area (Å²) in [6.45, 7) is 1.44. The third-order valence-corrected chi connectivity index (χ3v) is 5.04. The van der Waals surface area contributed by atoms with Crippen molar-refractivity contribution in [3.63, 3.8) is 0 Å². The van der Waals surface area contributed by atoms with Crippen LogP contribution in [0.25, 0.3) is 0 Å². The lowest BCUT2D eigenvalue weighted by Gasteiger charge is -2.34. The maximum atomic E-state index is 13.4. The largest absolute Gasteiger partial charge is 0.369 e. The van der Waals surface area contributed by atoms with E-state index in [1.807, 2.05) is 28.7 Å². The van der Waals surface area contributed by atoms with Crippen LogP contribution in [0.4, 0.5) is 14.5 Å². The molecule has 1 saturated heterocycles. The normalized spacial score (nSPS) is 17.6. The number of nitrogens with one attached hydrogen (secondary N) is 1. The molecule has 1 fully saturated rings. The van der Waals surface area contributed by atoms with Gasteiger partial charge in [0.05, 0.1) is 5.56 Å². The summed E-state index contributed by atoms with van der Waals surface area (Å²) < 4.78 is 27.5. The van der Waals surface area contributed by atoms with Crippen molar-refractivity contribution in [1.29, 1.82) is 0 Å². The number of carbonyl (C=O) groups excluding carboxylic acids is 1. The first kappa shape index (κ1) is 17.1. The number of nitrogens with zero attached hydrogens (tertiary/aromatic N) is 1.